The number of hydrogen-bond acceptors (Lipinski definition) is 5. The number of aromatic nitrogens is 1. The van der Waals surface area contributed by atoms with Crippen LogP contribution in [0.1, 0.15) is 27.9 Å². The van der Waals surface area contributed by atoms with Crippen LogP contribution in [0, 0.1) is 12.7 Å². The molecule has 4 rings (SSSR count). The standard InChI is InChI=1S/C26H24FN3O3S/c1-15-14-21(18-6-8-19(27)9-7-18)22-23(24(26(31)32)34-25(22)29-15)30-16(2)28-13-12-17-4-10-20(33-3)11-5-17/h4-11,14H,12-13H2,1-3H3,(H,28,30)(H,31,32). The molecule has 0 saturated heterocycles. The van der Waals surface area contributed by atoms with E-state index >= 15 is 0 Å². The Kier molecular flexibility index (Phi) is 6.88. The van der Waals surface area contributed by atoms with Crippen molar-refractivity contribution in [2.75, 3.05) is 19.0 Å². The molecule has 0 bridgehead atoms. The van der Waals surface area contributed by atoms with Crippen molar-refractivity contribution in [2.45, 2.75) is 20.3 Å². The summed E-state index contributed by atoms with van der Waals surface area (Å²) in [6, 6.07) is 15.8. The third-order valence-corrected chi connectivity index (χ3v) is 6.43. The van der Waals surface area contributed by atoms with Crippen LogP contribution in [0.25, 0.3) is 21.3 Å². The number of carboxylic acid groups (broad SMARTS) is 1. The fraction of sp³-hybridized carbons (Fsp3) is 0.192. The number of pyridine rings is 1. The Morgan fingerprint density at radius 2 is 1.88 bits per heavy atom. The molecule has 0 fully saturated rings. The fourth-order valence-electron chi connectivity index (χ4n) is 3.71. The van der Waals surface area contributed by atoms with Gasteiger partial charge in [0.25, 0.3) is 0 Å². The van der Waals surface area contributed by atoms with Crippen molar-refractivity contribution >= 4 is 39.0 Å². The van der Waals surface area contributed by atoms with E-state index in [2.05, 4.69) is 15.3 Å². The summed E-state index contributed by atoms with van der Waals surface area (Å²) in [5.41, 5.74) is 3.90. The average Bonchev–Trinajstić information content (AvgIpc) is 3.17. The monoisotopic (exact) mass is 477 g/mol. The number of methoxy groups -OCH3 is 1. The van der Waals surface area contributed by atoms with Gasteiger partial charge >= 0.3 is 5.97 Å². The van der Waals surface area contributed by atoms with Crippen molar-refractivity contribution in [2.24, 2.45) is 4.99 Å². The Morgan fingerprint density at radius 3 is 2.53 bits per heavy atom. The van der Waals surface area contributed by atoms with Gasteiger partial charge in [-0.05, 0) is 67.3 Å². The molecular formula is C26H24FN3O3S. The number of amidine groups is 1. The number of nitrogens with one attached hydrogen (secondary N) is 1. The molecule has 0 aliphatic rings. The topological polar surface area (TPSA) is 83.8 Å². The van der Waals surface area contributed by atoms with Gasteiger partial charge in [-0.25, -0.2) is 14.2 Å². The van der Waals surface area contributed by atoms with Crippen molar-refractivity contribution in [3.05, 3.63) is 76.5 Å². The summed E-state index contributed by atoms with van der Waals surface area (Å²) >= 11 is 1.11. The van der Waals surface area contributed by atoms with Gasteiger partial charge in [-0.3, -0.25) is 4.99 Å². The highest BCUT2D eigenvalue weighted by molar-refractivity contribution is 7.21. The summed E-state index contributed by atoms with van der Waals surface area (Å²) in [5, 5.41) is 13.7. The van der Waals surface area contributed by atoms with E-state index in [9.17, 15) is 14.3 Å². The van der Waals surface area contributed by atoms with Crippen LogP contribution in [0.4, 0.5) is 10.1 Å². The smallest absolute Gasteiger partial charge is 0.348 e. The van der Waals surface area contributed by atoms with Crippen LogP contribution in [-0.4, -0.2) is 35.5 Å². The maximum Gasteiger partial charge on any atom is 0.348 e. The lowest BCUT2D eigenvalue weighted by Gasteiger charge is -2.11. The molecule has 0 aliphatic carbocycles. The number of halogens is 1. The lowest BCUT2D eigenvalue weighted by Crippen LogP contribution is -2.11. The van der Waals surface area contributed by atoms with Gasteiger partial charge in [-0.2, -0.15) is 0 Å². The van der Waals surface area contributed by atoms with E-state index in [1.54, 1.807) is 19.2 Å². The van der Waals surface area contributed by atoms with E-state index in [1.807, 2.05) is 44.2 Å². The lowest BCUT2D eigenvalue weighted by atomic mass is 10.0. The molecule has 6 nitrogen and oxygen atoms in total. The predicted molar refractivity (Wildman–Crippen MR) is 135 cm³/mol. The fourth-order valence-corrected chi connectivity index (χ4v) is 4.75. The van der Waals surface area contributed by atoms with Crippen molar-refractivity contribution < 1.29 is 19.0 Å². The first kappa shape index (κ1) is 23.4. The summed E-state index contributed by atoms with van der Waals surface area (Å²) in [6.07, 6.45) is 0.737. The summed E-state index contributed by atoms with van der Waals surface area (Å²) in [7, 11) is 1.63. The second-order valence-electron chi connectivity index (χ2n) is 7.80. The number of nitrogens with zero attached hydrogens (tertiary/aromatic N) is 2. The molecule has 8 heteroatoms. The zero-order valence-corrected chi connectivity index (χ0v) is 19.9. The highest BCUT2D eigenvalue weighted by Crippen LogP contribution is 2.41. The van der Waals surface area contributed by atoms with E-state index in [0.717, 1.165) is 45.9 Å². The molecule has 2 aromatic heterocycles. The minimum atomic E-state index is -1.04. The Hall–Kier alpha value is -3.78. The number of fused-ring (bicyclic) bond motifs is 1. The molecule has 2 aromatic carbocycles. The minimum absolute atomic E-state index is 0.154. The van der Waals surface area contributed by atoms with Crippen LogP contribution in [0.15, 0.2) is 59.6 Å². The second kappa shape index (κ2) is 10.0. The Morgan fingerprint density at radius 1 is 1.18 bits per heavy atom. The van der Waals surface area contributed by atoms with Gasteiger partial charge in [-0.15, -0.1) is 11.3 Å². The normalized spacial score (nSPS) is 11.6. The largest absolute Gasteiger partial charge is 0.497 e. The molecule has 0 aliphatic heterocycles. The molecule has 4 aromatic rings. The number of anilines is 1. The Bertz CT molecular complexity index is 1360. The average molecular weight is 478 g/mol. The molecule has 2 heterocycles. The van der Waals surface area contributed by atoms with Crippen molar-refractivity contribution in [3.8, 4) is 16.9 Å². The molecule has 0 unspecified atom stereocenters. The van der Waals surface area contributed by atoms with Gasteiger partial charge in [0.2, 0.25) is 0 Å². The first-order chi connectivity index (χ1) is 16.4. The van der Waals surface area contributed by atoms with Gasteiger partial charge < -0.3 is 15.2 Å². The lowest BCUT2D eigenvalue weighted by molar-refractivity contribution is 0.0703. The van der Waals surface area contributed by atoms with E-state index in [-0.39, 0.29) is 10.7 Å². The van der Waals surface area contributed by atoms with Crippen LogP contribution < -0.4 is 10.1 Å². The van der Waals surface area contributed by atoms with Crippen LogP contribution in [0.3, 0.4) is 0 Å². The van der Waals surface area contributed by atoms with Crippen molar-refractivity contribution in [3.63, 3.8) is 0 Å². The second-order valence-corrected chi connectivity index (χ2v) is 8.80. The highest BCUT2D eigenvalue weighted by atomic mass is 32.1. The molecule has 34 heavy (non-hydrogen) atoms. The van der Waals surface area contributed by atoms with Crippen LogP contribution in [0.2, 0.25) is 0 Å². The Balaban J connectivity index is 1.67. The van der Waals surface area contributed by atoms with E-state index in [0.29, 0.717) is 28.3 Å². The van der Waals surface area contributed by atoms with Gasteiger partial charge in [0.05, 0.1) is 18.6 Å². The first-order valence-electron chi connectivity index (χ1n) is 10.7. The minimum Gasteiger partial charge on any atom is -0.497 e. The zero-order chi connectivity index (χ0) is 24.2. The maximum atomic E-state index is 13.5. The number of hydrogen-bond donors (Lipinski definition) is 2. The molecule has 0 radical (unpaired) electrons. The Labute approximate surface area is 200 Å². The van der Waals surface area contributed by atoms with Crippen molar-refractivity contribution in [1.29, 1.82) is 0 Å². The number of aromatic carboxylic acids is 1. The van der Waals surface area contributed by atoms with Gasteiger partial charge in [0, 0.05) is 17.6 Å². The number of rotatable bonds is 7. The summed E-state index contributed by atoms with van der Waals surface area (Å²) in [5.74, 6) is 0.0255. The number of carbonyl (C=O) groups is 1. The third-order valence-electron chi connectivity index (χ3n) is 5.35. The summed E-state index contributed by atoms with van der Waals surface area (Å²) < 4.78 is 18.7. The van der Waals surface area contributed by atoms with Crippen LogP contribution >= 0.6 is 11.3 Å². The molecule has 0 spiro atoms. The van der Waals surface area contributed by atoms with Crippen molar-refractivity contribution in [1.82, 2.24) is 4.98 Å². The van der Waals surface area contributed by atoms with E-state index < -0.39 is 5.97 Å². The zero-order valence-electron chi connectivity index (χ0n) is 19.1. The third kappa shape index (κ3) is 5.07. The summed E-state index contributed by atoms with van der Waals surface area (Å²) in [6.45, 7) is 4.20. The molecule has 0 atom stereocenters. The van der Waals surface area contributed by atoms with Crippen LogP contribution in [-0.2, 0) is 6.42 Å². The SMILES string of the molecule is COc1ccc(CCN=C(C)Nc2c(C(=O)O)sc3nc(C)cc(-c4ccc(F)cc4)c23)cc1. The first-order valence-corrected chi connectivity index (χ1v) is 11.5. The molecular weight excluding hydrogens is 453 g/mol. The molecule has 174 valence electrons. The number of aryl methyl sites for hydroxylation is 1. The number of thiophene rings is 1. The number of ether oxygens (including phenoxy) is 1. The van der Waals surface area contributed by atoms with E-state index in [1.165, 1.54) is 12.1 Å². The number of aliphatic imine (C=N–C) groups is 1. The molecule has 0 saturated carbocycles. The quantitative estimate of drug-likeness (QED) is 0.245. The molecule has 0 amide bonds. The predicted octanol–water partition coefficient (Wildman–Crippen LogP) is 6.19. The van der Waals surface area contributed by atoms with Gasteiger partial charge in [0.1, 0.15) is 21.3 Å². The van der Waals surface area contributed by atoms with Crippen LogP contribution in [0.5, 0.6) is 5.75 Å². The number of carboxylic acids is 1. The summed E-state index contributed by atoms with van der Waals surface area (Å²) in [4.78, 5) is 21.9. The highest BCUT2D eigenvalue weighted by Gasteiger charge is 2.22. The maximum absolute atomic E-state index is 13.5. The van der Waals surface area contributed by atoms with Gasteiger partial charge in [0.15, 0.2) is 0 Å². The number of benzene rings is 2. The van der Waals surface area contributed by atoms with Gasteiger partial charge in [-0.1, -0.05) is 24.3 Å². The molecule has 2 N–H and O–H groups in total. The van der Waals surface area contributed by atoms with E-state index in [4.69, 9.17) is 4.74 Å².